The molecule has 1 saturated carbocycles. The van der Waals surface area contributed by atoms with Crippen LogP contribution in [0.4, 0.5) is 17.3 Å². The Hall–Kier alpha value is -9.77. The number of hydrogen-bond donors (Lipinski definition) is 11. The van der Waals surface area contributed by atoms with Crippen LogP contribution in [0.3, 0.4) is 0 Å². The zero-order valence-electron chi connectivity index (χ0n) is 74.9. The van der Waals surface area contributed by atoms with Crippen molar-refractivity contribution in [3.05, 3.63) is 153 Å². The minimum absolute atomic E-state index is 0.0436. The van der Waals surface area contributed by atoms with Crippen molar-refractivity contribution in [1.29, 1.82) is 0 Å². The third kappa shape index (κ3) is 21.2. The number of ether oxygens (including phenoxy) is 8. The minimum Gasteiger partial charge on any atom is -0.496 e. The van der Waals surface area contributed by atoms with Gasteiger partial charge in [0.05, 0.1) is 136 Å². The van der Waals surface area contributed by atoms with E-state index in [2.05, 4.69) is 115 Å². The van der Waals surface area contributed by atoms with Crippen LogP contribution in [0.5, 0.6) is 5.75 Å². The first-order valence-electron chi connectivity index (χ1n) is 44.3. The van der Waals surface area contributed by atoms with E-state index in [0.717, 1.165) is 45.0 Å². The van der Waals surface area contributed by atoms with Gasteiger partial charge in [0.2, 0.25) is 11.9 Å². The predicted octanol–water partition coefficient (Wildman–Crippen LogP) is 5.15. The predicted molar refractivity (Wildman–Crippen MR) is 486 cm³/mol. The molecule has 129 heavy (non-hydrogen) atoms. The van der Waals surface area contributed by atoms with Crippen LogP contribution >= 0.6 is 11.8 Å². The van der Waals surface area contributed by atoms with Gasteiger partial charge in [0.25, 0.3) is 17.4 Å². The number of likely N-dealkylation sites (N-methyl/N-ethyl adjacent to an activating group) is 1. The molecule has 0 radical (unpaired) electrons. The van der Waals surface area contributed by atoms with Gasteiger partial charge in [0, 0.05) is 138 Å². The van der Waals surface area contributed by atoms with E-state index in [0.29, 0.717) is 176 Å². The van der Waals surface area contributed by atoms with Crippen LogP contribution in [-0.2, 0) is 93.4 Å². The van der Waals surface area contributed by atoms with Gasteiger partial charge in [-0.25, -0.2) is 29.4 Å². The molecule has 37 nitrogen and oxygen atoms in total. The second-order valence-electron chi connectivity index (χ2n) is 35.9. The molecule has 40 heteroatoms. The molecule has 3 aromatic carbocycles. The zero-order chi connectivity index (χ0) is 91.5. The lowest BCUT2D eigenvalue weighted by molar-refractivity contribution is -0.199. The number of anilines is 3. The quantitative estimate of drug-likeness (QED) is 0.00587. The average molecular weight is 1840 g/mol. The fourth-order valence-electron chi connectivity index (χ4n) is 20.2. The number of fused-ring (bicyclic) bond motifs is 7. The van der Waals surface area contributed by atoms with E-state index in [4.69, 9.17) is 47.7 Å². The van der Waals surface area contributed by atoms with Gasteiger partial charge < -0.3 is 99.3 Å². The molecule has 12 N–H and O–H groups in total. The molecule has 3 amide bonds. The Bertz CT molecular complexity index is 5370. The summed E-state index contributed by atoms with van der Waals surface area (Å²) in [6.07, 6.45) is 12.3. The van der Waals surface area contributed by atoms with Crippen LogP contribution in [0.25, 0.3) is 22.1 Å². The second kappa shape index (κ2) is 41.4. The minimum atomic E-state index is -2.35. The molecule has 2 bridgehead atoms. The molecule has 1 unspecified atom stereocenters. The van der Waals surface area contributed by atoms with Gasteiger partial charge in [-0.05, 0) is 137 Å². The van der Waals surface area contributed by atoms with Gasteiger partial charge in [-0.3, -0.25) is 38.8 Å². The molecule has 5 aromatic heterocycles. The summed E-state index contributed by atoms with van der Waals surface area (Å²) in [6.45, 7) is 21.1. The number of carboxylic acid groups (broad SMARTS) is 1. The lowest BCUT2D eigenvalue weighted by Crippen LogP contribution is -2.81. The highest BCUT2D eigenvalue weighted by atomic mass is 32.2. The summed E-state index contributed by atoms with van der Waals surface area (Å²) in [5.74, 6) is -3.13. The number of amides is 3. The number of aliphatic carboxylic acids is 1. The molecule has 11 atom stereocenters. The molecular formula is C89H122N18O19SSi2. The smallest absolute Gasteiger partial charge is 0.326 e. The molecule has 5 aliphatic heterocycles. The summed E-state index contributed by atoms with van der Waals surface area (Å²) in [5, 5.41) is 71.1. The second-order valence-corrected chi connectivity index (χ2v) is 46.0. The number of esters is 1. The maximum absolute atomic E-state index is 15.6. The van der Waals surface area contributed by atoms with Crippen molar-refractivity contribution in [2.45, 2.75) is 169 Å². The SMILES string of the molecule is CC[C@]1(O)C[C@@H]2CN(CCc3c([nH]c4ccccc34)[C@@](C(=O)OC)(c3cc4c(cc3OC)N(C)[C@H]3[C@@](O)(C(=O)NCCC[Si](C)(C)O[Si](C)(C)CSc5ncc(Cn6cc(COCCOCCOCCOCCOCCOCCNC(=O)CC[C@H](NC(=O)c7ccc(NCc8cnc9nc(N)[nH]c(=O)c9n8)cc7)C(=O)O)nn6)cn5)[C@H](O)[C@]5(C)C=CCN6CC[C@]43[C@@H]65)C2)C1. The van der Waals surface area contributed by atoms with Gasteiger partial charge >= 0.3 is 11.9 Å². The van der Waals surface area contributed by atoms with Crippen molar-refractivity contribution in [1.82, 2.24) is 75.6 Å². The zero-order valence-corrected chi connectivity index (χ0v) is 77.7. The number of aromatic amines is 2. The first kappa shape index (κ1) is 95.3. The number of thioether (sulfide) groups is 1. The van der Waals surface area contributed by atoms with E-state index in [9.17, 15) is 39.6 Å². The summed E-state index contributed by atoms with van der Waals surface area (Å²) in [7, 11) is 0.302. The molecule has 14 rings (SSSR count). The van der Waals surface area contributed by atoms with E-state index in [1.165, 1.54) is 25.4 Å². The summed E-state index contributed by atoms with van der Waals surface area (Å²) in [5.41, 5.74) is 6.13. The Morgan fingerprint density at radius 2 is 1.50 bits per heavy atom. The number of rotatable bonds is 45. The number of carbonyl (C=O) groups excluding carboxylic acids is 4. The van der Waals surface area contributed by atoms with Crippen LogP contribution in [-0.4, -0.2) is 307 Å². The summed E-state index contributed by atoms with van der Waals surface area (Å²) in [6, 6.07) is 16.7. The molecule has 8 aromatic rings. The van der Waals surface area contributed by atoms with Crippen molar-refractivity contribution >= 4 is 97.4 Å². The Morgan fingerprint density at radius 3 is 2.20 bits per heavy atom. The van der Waals surface area contributed by atoms with Gasteiger partial charge in [-0.15, -0.1) is 5.10 Å². The van der Waals surface area contributed by atoms with E-state index in [1.807, 2.05) is 68.4 Å². The third-order valence-corrected chi connectivity index (χ3v) is 35.6. The average Bonchev–Trinajstić information content (AvgIpc) is 1.48. The van der Waals surface area contributed by atoms with Crippen molar-refractivity contribution in [3.63, 3.8) is 0 Å². The lowest BCUT2D eigenvalue weighted by atomic mass is 9.48. The van der Waals surface area contributed by atoms with Crippen LogP contribution in [0.1, 0.15) is 108 Å². The fraction of sp³-hybridized carbons (Fsp3) is 0.562. The number of hydrogen-bond acceptors (Lipinski definition) is 31. The highest BCUT2D eigenvalue weighted by molar-refractivity contribution is 8.00. The van der Waals surface area contributed by atoms with Gasteiger partial charge in [-0.2, -0.15) is 4.98 Å². The highest BCUT2D eigenvalue weighted by Gasteiger charge is 2.78. The van der Waals surface area contributed by atoms with E-state index >= 15 is 9.59 Å². The number of aliphatic hydroxyl groups excluding tert-OH is 1. The number of nitrogens with zero attached hydrogens (tertiary/aromatic N) is 11. The number of piperidine rings is 1. The summed E-state index contributed by atoms with van der Waals surface area (Å²) < 4.78 is 55.1. The number of aromatic nitrogens is 10. The van der Waals surface area contributed by atoms with Crippen LogP contribution in [0.15, 0.2) is 108 Å². The first-order valence-corrected chi connectivity index (χ1v) is 51.5. The van der Waals surface area contributed by atoms with Crippen molar-refractivity contribution in [2.24, 2.45) is 11.3 Å². The number of methoxy groups -OCH3 is 2. The molecular weight excluding hydrogens is 1710 g/mol. The molecule has 3 fully saturated rings. The van der Waals surface area contributed by atoms with E-state index < -0.39 is 97.5 Å². The van der Waals surface area contributed by atoms with Crippen LogP contribution in [0.2, 0.25) is 32.2 Å². The summed E-state index contributed by atoms with van der Waals surface area (Å²) >= 11 is 1.57. The number of nitrogens with two attached hydrogens (primary N) is 1. The number of nitrogens with one attached hydrogen (secondary N) is 6. The van der Waals surface area contributed by atoms with E-state index in [1.54, 1.807) is 48.1 Å². The maximum atomic E-state index is 15.6. The Labute approximate surface area is 755 Å². The fourth-order valence-corrected chi connectivity index (χ4v) is 30.6. The number of H-pyrrole nitrogens is 2. The molecule has 696 valence electrons. The van der Waals surface area contributed by atoms with Gasteiger partial charge in [0.1, 0.15) is 29.0 Å². The Kier molecular flexibility index (Phi) is 30.6. The van der Waals surface area contributed by atoms with Crippen LogP contribution < -0.4 is 42.2 Å². The number of carbonyl (C=O) groups is 5. The van der Waals surface area contributed by atoms with Crippen LogP contribution in [0, 0.1) is 11.3 Å². The lowest BCUT2D eigenvalue weighted by Gasteiger charge is -2.62. The van der Waals surface area contributed by atoms with Gasteiger partial charge in [-0.1, -0.05) is 61.2 Å². The third-order valence-electron chi connectivity index (χ3n) is 25.8. The summed E-state index contributed by atoms with van der Waals surface area (Å²) in [4.78, 5) is 115. The van der Waals surface area contributed by atoms with Crippen molar-refractivity contribution in [3.8, 4) is 5.75 Å². The number of carboxylic acids is 1. The first-order chi connectivity index (χ1) is 61.9. The van der Waals surface area contributed by atoms with Crippen molar-refractivity contribution < 1.29 is 86.4 Å². The standard InChI is InChI=1S/C89H122N18O19SSi2/c1-10-86(116)45-57-46-88(82(115)119-5,73-64(23-29-105(51-57)55-86)63-15-11-12-16-67(63)98-73)66-43-65-69(44-70(66)118-4)104(3)79-87(65)25-30-106-28-13-24-85(2,78(87)106)80(113)89(79,117)81(114)92-26-14-42-128(6,7)126-129(8,9)56-127-84-95-47-58(48-96-84)52-107-53-62(102-103-107)54-125-41-40-124-39-38-123-37-36-122-35-34-121-33-32-120-31-27-91-71(108)22-21-68(77(111)112)99-75(109)59-17-19-60(20-18-59)93-49-61-50-94-74-72(97-61)76(110)101-83(90)100-74/h11-13,15-20,24,43-44,47-48,50,53,57,68,78-80,93,98,113,116-117H,10,14,21-23,25-42,45-46,49,51-52,54-56H2,1-9H3,(H,91,108)(H,92,114)(H,99,109)(H,111,112)(H3,90,94,100,101,110)/t57-,68-,78-,79+,80+,85+,86-,87+,88-,89-/m0/s1. The topological polar surface area (TPSA) is 477 Å². The molecule has 6 aliphatic rings. The molecule has 2 saturated heterocycles. The number of para-hydroxylation sites is 1. The Morgan fingerprint density at radius 1 is 0.798 bits per heavy atom. The number of benzene rings is 3. The molecule has 1 aliphatic carbocycles. The maximum Gasteiger partial charge on any atom is 0.326 e. The van der Waals surface area contributed by atoms with Gasteiger partial charge in [0.15, 0.2) is 38.6 Å². The van der Waals surface area contributed by atoms with E-state index in [-0.39, 0.29) is 86.9 Å². The largest absolute Gasteiger partial charge is 0.496 e. The molecule has 1 spiro atoms. The highest BCUT2D eigenvalue weighted by Crippen LogP contribution is 2.67. The van der Waals surface area contributed by atoms with Crippen molar-refractivity contribution in [2.75, 3.05) is 161 Å². The number of aliphatic hydroxyl groups is 3. The Balaban J connectivity index is 0.456. The monoisotopic (exact) mass is 1830 g/mol. The molecule has 10 heterocycles. The number of nitrogen functional groups attached to an aromatic ring is 1. The normalized spacial score (nSPS) is 23.8.